The third kappa shape index (κ3) is 3.94. The molecule has 0 aliphatic carbocycles. The molecule has 1 aromatic carbocycles. The zero-order valence-electron chi connectivity index (χ0n) is 16.0. The summed E-state index contributed by atoms with van der Waals surface area (Å²) in [7, 11) is 2.09. The molecule has 1 saturated heterocycles. The first-order valence-electron chi connectivity index (χ1n) is 9.19. The van der Waals surface area contributed by atoms with E-state index in [9.17, 15) is 4.79 Å². The van der Waals surface area contributed by atoms with Gasteiger partial charge < -0.3 is 9.80 Å². The average Bonchev–Trinajstić information content (AvgIpc) is 2.90. The number of halogens is 1. The molecule has 0 N–H and O–H groups in total. The Morgan fingerprint density at radius 2 is 1.92 bits per heavy atom. The zero-order valence-corrected chi connectivity index (χ0v) is 16.8. The summed E-state index contributed by atoms with van der Waals surface area (Å²) in [6.07, 6.45) is 0.781. The van der Waals surface area contributed by atoms with Gasteiger partial charge in [0.1, 0.15) is 0 Å². The van der Waals surface area contributed by atoms with Crippen molar-refractivity contribution in [1.29, 1.82) is 0 Å². The van der Waals surface area contributed by atoms with Gasteiger partial charge in [-0.25, -0.2) is 4.68 Å². The van der Waals surface area contributed by atoms with Crippen molar-refractivity contribution in [3.8, 4) is 5.69 Å². The number of carbonyl (C=O) groups excluding carboxylic acids is 1. The smallest absolute Gasteiger partial charge is 0.257 e. The standard InChI is InChI=1S/C20H27ClN4O/c1-14(2)12-18-19(20(26)24-10-8-23(4)9-11-24)15(3)25(22-18)17-7-5-6-16(21)13-17/h5-7,13-14H,8-12H2,1-4H3. The van der Waals surface area contributed by atoms with Crippen LogP contribution in [-0.4, -0.2) is 58.7 Å². The van der Waals surface area contributed by atoms with Crippen molar-refractivity contribution >= 4 is 17.5 Å². The number of carbonyl (C=O) groups is 1. The van der Waals surface area contributed by atoms with Gasteiger partial charge in [-0.3, -0.25) is 4.79 Å². The highest BCUT2D eigenvalue weighted by atomic mass is 35.5. The Bertz CT molecular complexity index is 791. The van der Waals surface area contributed by atoms with Crippen molar-refractivity contribution in [2.24, 2.45) is 5.92 Å². The minimum atomic E-state index is 0.0968. The summed E-state index contributed by atoms with van der Waals surface area (Å²) in [6, 6.07) is 7.60. The molecule has 1 fully saturated rings. The lowest BCUT2D eigenvalue weighted by Gasteiger charge is -2.32. The van der Waals surface area contributed by atoms with E-state index in [0.717, 1.165) is 55.2 Å². The van der Waals surface area contributed by atoms with Crippen LogP contribution in [0.2, 0.25) is 5.02 Å². The molecule has 1 aliphatic heterocycles. The molecule has 140 valence electrons. The van der Waals surface area contributed by atoms with Crippen LogP contribution in [0.5, 0.6) is 0 Å². The molecule has 5 nitrogen and oxygen atoms in total. The van der Waals surface area contributed by atoms with E-state index >= 15 is 0 Å². The molecule has 0 bridgehead atoms. The van der Waals surface area contributed by atoms with Gasteiger partial charge in [-0.2, -0.15) is 5.10 Å². The molecule has 1 aromatic heterocycles. The lowest BCUT2D eigenvalue weighted by molar-refractivity contribution is 0.0662. The maximum absolute atomic E-state index is 13.3. The first kappa shape index (κ1) is 18.9. The van der Waals surface area contributed by atoms with E-state index < -0.39 is 0 Å². The number of benzene rings is 1. The predicted molar refractivity (Wildman–Crippen MR) is 105 cm³/mol. The van der Waals surface area contributed by atoms with Crippen LogP contribution in [0, 0.1) is 12.8 Å². The highest BCUT2D eigenvalue weighted by Crippen LogP contribution is 2.24. The lowest BCUT2D eigenvalue weighted by atomic mass is 10.0. The molecule has 26 heavy (non-hydrogen) atoms. The first-order chi connectivity index (χ1) is 12.4. The van der Waals surface area contributed by atoms with Crippen LogP contribution in [0.25, 0.3) is 5.69 Å². The van der Waals surface area contributed by atoms with Gasteiger partial charge >= 0.3 is 0 Å². The Morgan fingerprint density at radius 1 is 1.23 bits per heavy atom. The van der Waals surface area contributed by atoms with Crippen LogP contribution in [0.4, 0.5) is 0 Å². The first-order valence-corrected chi connectivity index (χ1v) is 9.57. The highest BCUT2D eigenvalue weighted by Gasteiger charge is 2.28. The molecular weight excluding hydrogens is 348 g/mol. The summed E-state index contributed by atoms with van der Waals surface area (Å²) in [5.41, 5.74) is 3.40. The molecule has 6 heteroatoms. The fourth-order valence-electron chi connectivity index (χ4n) is 3.40. The number of amides is 1. The lowest BCUT2D eigenvalue weighted by Crippen LogP contribution is -2.47. The van der Waals surface area contributed by atoms with Crippen LogP contribution in [0.3, 0.4) is 0 Å². The molecule has 1 aliphatic rings. The number of nitrogens with zero attached hydrogens (tertiary/aromatic N) is 4. The normalized spacial score (nSPS) is 15.7. The molecule has 2 aromatic rings. The maximum Gasteiger partial charge on any atom is 0.257 e. The van der Waals surface area contributed by atoms with Crippen LogP contribution in [0.1, 0.15) is 35.6 Å². The van der Waals surface area contributed by atoms with Gasteiger partial charge in [0, 0.05) is 31.2 Å². The summed E-state index contributed by atoms with van der Waals surface area (Å²) >= 11 is 6.16. The SMILES string of the molecule is Cc1c(C(=O)N2CCN(C)CC2)c(CC(C)C)nn1-c1cccc(Cl)c1. The second-order valence-electron chi connectivity index (χ2n) is 7.49. The molecular formula is C20H27ClN4O. The van der Waals surface area contributed by atoms with Gasteiger partial charge in [0.05, 0.1) is 22.6 Å². The Balaban J connectivity index is 2.01. The molecule has 0 saturated carbocycles. The predicted octanol–water partition coefficient (Wildman–Crippen LogP) is 3.42. The van der Waals surface area contributed by atoms with Gasteiger partial charge in [-0.1, -0.05) is 31.5 Å². The van der Waals surface area contributed by atoms with E-state index in [2.05, 4.69) is 25.8 Å². The minimum absolute atomic E-state index is 0.0968. The number of hydrogen-bond donors (Lipinski definition) is 0. The molecule has 0 spiro atoms. The van der Waals surface area contributed by atoms with Gasteiger partial charge in [-0.15, -0.1) is 0 Å². The summed E-state index contributed by atoms with van der Waals surface area (Å²) < 4.78 is 1.85. The van der Waals surface area contributed by atoms with Crippen LogP contribution in [-0.2, 0) is 6.42 Å². The minimum Gasteiger partial charge on any atom is -0.336 e. The van der Waals surface area contributed by atoms with Crippen molar-refractivity contribution in [1.82, 2.24) is 19.6 Å². The van der Waals surface area contributed by atoms with E-state index in [1.54, 1.807) is 0 Å². The summed E-state index contributed by atoms with van der Waals surface area (Å²) in [4.78, 5) is 17.5. The monoisotopic (exact) mass is 374 g/mol. The number of aromatic nitrogens is 2. The van der Waals surface area contributed by atoms with Crippen LogP contribution >= 0.6 is 11.6 Å². The number of likely N-dealkylation sites (N-methyl/N-ethyl adjacent to an activating group) is 1. The summed E-state index contributed by atoms with van der Waals surface area (Å²) in [6.45, 7) is 9.62. The largest absolute Gasteiger partial charge is 0.336 e. The summed E-state index contributed by atoms with van der Waals surface area (Å²) in [5.74, 6) is 0.524. The molecule has 1 amide bonds. The molecule has 2 heterocycles. The Labute approximate surface area is 160 Å². The van der Waals surface area contributed by atoms with Crippen molar-refractivity contribution in [2.45, 2.75) is 27.2 Å². The maximum atomic E-state index is 13.3. The second kappa shape index (κ2) is 7.80. The average molecular weight is 375 g/mol. The van der Waals surface area contributed by atoms with Crippen molar-refractivity contribution in [2.75, 3.05) is 33.2 Å². The quantitative estimate of drug-likeness (QED) is 0.823. The number of rotatable bonds is 4. The molecule has 0 unspecified atom stereocenters. The van der Waals surface area contributed by atoms with Gasteiger partial charge in [-0.05, 0) is 44.5 Å². The van der Waals surface area contributed by atoms with E-state index in [0.29, 0.717) is 10.9 Å². The zero-order chi connectivity index (χ0) is 18.8. The third-order valence-corrected chi connectivity index (χ3v) is 5.08. The van der Waals surface area contributed by atoms with Crippen LogP contribution < -0.4 is 0 Å². The van der Waals surface area contributed by atoms with Gasteiger partial charge in [0.15, 0.2) is 0 Å². The second-order valence-corrected chi connectivity index (χ2v) is 7.93. The van der Waals surface area contributed by atoms with E-state index in [4.69, 9.17) is 16.7 Å². The molecule has 3 rings (SSSR count). The van der Waals surface area contributed by atoms with Gasteiger partial charge in [0.2, 0.25) is 0 Å². The van der Waals surface area contributed by atoms with Crippen molar-refractivity contribution < 1.29 is 4.79 Å². The third-order valence-electron chi connectivity index (χ3n) is 4.85. The Morgan fingerprint density at radius 3 is 2.54 bits per heavy atom. The Kier molecular flexibility index (Phi) is 5.68. The van der Waals surface area contributed by atoms with E-state index in [1.165, 1.54) is 0 Å². The Hall–Kier alpha value is -1.85. The van der Waals surface area contributed by atoms with Crippen molar-refractivity contribution in [3.63, 3.8) is 0 Å². The van der Waals surface area contributed by atoms with E-state index in [1.807, 2.05) is 40.8 Å². The van der Waals surface area contributed by atoms with E-state index in [-0.39, 0.29) is 5.91 Å². The number of piperazine rings is 1. The highest BCUT2D eigenvalue weighted by molar-refractivity contribution is 6.30. The number of hydrogen-bond acceptors (Lipinski definition) is 3. The van der Waals surface area contributed by atoms with Gasteiger partial charge in [0.25, 0.3) is 5.91 Å². The topological polar surface area (TPSA) is 41.4 Å². The summed E-state index contributed by atoms with van der Waals surface area (Å²) in [5, 5.41) is 5.45. The van der Waals surface area contributed by atoms with Crippen LogP contribution in [0.15, 0.2) is 24.3 Å². The molecule has 0 radical (unpaired) electrons. The fraction of sp³-hybridized carbons (Fsp3) is 0.500. The molecule has 0 atom stereocenters. The van der Waals surface area contributed by atoms with Crippen molar-refractivity contribution in [3.05, 3.63) is 46.2 Å². The fourth-order valence-corrected chi connectivity index (χ4v) is 3.58.